The molecule has 1 aliphatic rings. The molecule has 0 unspecified atom stereocenters. The molecule has 1 N–H and O–H groups in total. The van der Waals surface area contributed by atoms with E-state index in [2.05, 4.69) is 15.4 Å². The number of carbonyl (C=O) groups excluding carboxylic acids is 1. The van der Waals surface area contributed by atoms with Crippen LogP contribution in [-0.4, -0.2) is 51.1 Å². The zero-order chi connectivity index (χ0) is 21.3. The Morgan fingerprint density at radius 1 is 1.17 bits per heavy atom. The summed E-state index contributed by atoms with van der Waals surface area (Å²) in [5.41, 5.74) is 2.06. The van der Waals surface area contributed by atoms with Crippen LogP contribution < -0.4 is 5.32 Å². The van der Waals surface area contributed by atoms with Crippen LogP contribution in [0.4, 0.5) is 14.6 Å². The first kappa shape index (κ1) is 20.4. The number of rotatable bonds is 5. The van der Waals surface area contributed by atoms with Gasteiger partial charge in [-0.25, -0.2) is 13.8 Å². The number of nitrogens with zero attached hydrogens (tertiary/aromatic N) is 4. The van der Waals surface area contributed by atoms with Crippen molar-refractivity contribution >= 4 is 22.5 Å². The number of pyridine rings is 1. The molecule has 0 atom stereocenters. The first-order valence-electron chi connectivity index (χ1n) is 10.1. The molecular weight excluding hydrogens is 388 g/mol. The number of anilines is 1. The molecule has 6 nitrogen and oxygen atoms in total. The molecule has 158 valence electrons. The van der Waals surface area contributed by atoms with Gasteiger partial charge in [-0.05, 0) is 49.0 Å². The zero-order valence-corrected chi connectivity index (χ0v) is 17.1. The van der Waals surface area contributed by atoms with Gasteiger partial charge < -0.3 is 5.32 Å². The number of fused-ring (bicyclic) bond motifs is 1. The lowest BCUT2D eigenvalue weighted by atomic mass is 9.95. The number of hydrogen-bond donors (Lipinski definition) is 1. The maximum atomic E-state index is 13.2. The topological polar surface area (TPSA) is 63.1 Å². The van der Waals surface area contributed by atoms with Gasteiger partial charge in [0, 0.05) is 43.2 Å². The molecule has 30 heavy (non-hydrogen) atoms. The van der Waals surface area contributed by atoms with Crippen molar-refractivity contribution < 1.29 is 13.6 Å². The summed E-state index contributed by atoms with van der Waals surface area (Å²) >= 11 is 0. The van der Waals surface area contributed by atoms with Crippen LogP contribution >= 0.6 is 0 Å². The van der Waals surface area contributed by atoms with Crippen LogP contribution in [0.2, 0.25) is 0 Å². The average molecular weight is 413 g/mol. The monoisotopic (exact) mass is 413 g/mol. The SMILES string of the molecule is Cn1cc(-c2ccc3cnc(NC(=O)C4CCN(CC(C)(F)F)CC4)cc3c2)cn1. The number of aromatic nitrogens is 3. The summed E-state index contributed by atoms with van der Waals surface area (Å²) < 4.78 is 28.1. The number of halogens is 2. The van der Waals surface area contributed by atoms with Crippen molar-refractivity contribution in [2.24, 2.45) is 13.0 Å². The van der Waals surface area contributed by atoms with Crippen molar-refractivity contribution in [1.29, 1.82) is 0 Å². The van der Waals surface area contributed by atoms with Gasteiger partial charge in [-0.2, -0.15) is 5.10 Å². The van der Waals surface area contributed by atoms with Crippen molar-refractivity contribution in [3.63, 3.8) is 0 Å². The smallest absolute Gasteiger partial charge is 0.257 e. The van der Waals surface area contributed by atoms with E-state index in [1.165, 1.54) is 0 Å². The average Bonchev–Trinajstić information content (AvgIpc) is 3.13. The maximum absolute atomic E-state index is 13.2. The van der Waals surface area contributed by atoms with Crippen molar-refractivity contribution in [2.75, 3.05) is 25.0 Å². The van der Waals surface area contributed by atoms with E-state index in [9.17, 15) is 13.6 Å². The Kier molecular flexibility index (Phi) is 5.51. The lowest BCUT2D eigenvalue weighted by Crippen LogP contribution is -2.42. The van der Waals surface area contributed by atoms with E-state index in [1.807, 2.05) is 43.7 Å². The van der Waals surface area contributed by atoms with E-state index in [-0.39, 0.29) is 18.4 Å². The number of piperidine rings is 1. The number of amides is 1. The third-order valence-corrected chi connectivity index (χ3v) is 5.47. The second-order valence-corrected chi connectivity index (χ2v) is 8.14. The fourth-order valence-corrected chi connectivity index (χ4v) is 3.93. The van der Waals surface area contributed by atoms with E-state index in [0.29, 0.717) is 31.7 Å². The van der Waals surface area contributed by atoms with Gasteiger partial charge in [0.15, 0.2) is 0 Å². The molecule has 8 heteroatoms. The molecule has 0 bridgehead atoms. The Balaban J connectivity index is 1.43. The summed E-state index contributed by atoms with van der Waals surface area (Å²) in [5, 5.41) is 9.06. The summed E-state index contributed by atoms with van der Waals surface area (Å²) in [4.78, 5) is 18.7. The zero-order valence-electron chi connectivity index (χ0n) is 17.1. The first-order chi connectivity index (χ1) is 14.3. The van der Waals surface area contributed by atoms with Gasteiger partial charge in [0.05, 0.1) is 12.7 Å². The lowest BCUT2D eigenvalue weighted by molar-refractivity contribution is -0.121. The number of alkyl halides is 2. The predicted octanol–water partition coefficient (Wildman–Crippen LogP) is 3.94. The van der Waals surface area contributed by atoms with Crippen molar-refractivity contribution in [3.8, 4) is 11.1 Å². The number of benzene rings is 1. The van der Waals surface area contributed by atoms with E-state index in [4.69, 9.17) is 0 Å². The van der Waals surface area contributed by atoms with Gasteiger partial charge in [0.25, 0.3) is 5.92 Å². The molecule has 1 aromatic carbocycles. The molecule has 1 aliphatic heterocycles. The highest BCUT2D eigenvalue weighted by atomic mass is 19.3. The van der Waals surface area contributed by atoms with Crippen LogP contribution in [0, 0.1) is 5.92 Å². The molecule has 3 heterocycles. The third kappa shape index (κ3) is 4.81. The Morgan fingerprint density at radius 3 is 2.60 bits per heavy atom. The van der Waals surface area contributed by atoms with Crippen LogP contribution in [0.5, 0.6) is 0 Å². The molecule has 0 radical (unpaired) electrons. The van der Waals surface area contributed by atoms with E-state index in [1.54, 1.807) is 15.8 Å². The van der Waals surface area contributed by atoms with Crippen LogP contribution in [-0.2, 0) is 11.8 Å². The van der Waals surface area contributed by atoms with Gasteiger partial charge in [-0.1, -0.05) is 12.1 Å². The van der Waals surface area contributed by atoms with Crippen LogP contribution in [0.15, 0.2) is 42.9 Å². The first-order valence-corrected chi connectivity index (χ1v) is 10.1. The van der Waals surface area contributed by atoms with Gasteiger partial charge in [0.1, 0.15) is 5.82 Å². The number of carbonyl (C=O) groups is 1. The quantitative estimate of drug-likeness (QED) is 0.688. The normalized spacial score (nSPS) is 16.1. The minimum atomic E-state index is -2.71. The fraction of sp³-hybridized carbons (Fsp3) is 0.409. The number of likely N-dealkylation sites (tertiary alicyclic amines) is 1. The Hall–Kier alpha value is -2.87. The van der Waals surface area contributed by atoms with Crippen LogP contribution in [0.3, 0.4) is 0 Å². The van der Waals surface area contributed by atoms with Gasteiger partial charge in [0.2, 0.25) is 5.91 Å². The predicted molar refractivity (Wildman–Crippen MR) is 112 cm³/mol. The number of hydrogen-bond acceptors (Lipinski definition) is 4. The summed E-state index contributed by atoms with van der Waals surface area (Å²) in [6, 6.07) is 7.93. The highest BCUT2D eigenvalue weighted by molar-refractivity contribution is 5.95. The number of nitrogens with one attached hydrogen (secondary N) is 1. The van der Waals surface area contributed by atoms with Gasteiger partial charge in [-0.3, -0.25) is 14.4 Å². The maximum Gasteiger partial charge on any atom is 0.257 e. The van der Waals surface area contributed by atoms with Crippen molar-refractivity contribution in [3.05, 3.63) is 42.9 Å². The van der Waals surface area contributed by atoms with Crippen LogP contribution in [0.1, 0.15) is 19.8 Å². The van der Waals surface area contributed by atoms with E-state index < -0.39 is 5.92 Å². The molecule has 0 aliphatic carbocycles. The summed E-state index contributed by atoms with van der Waals surface area (Å²) in [6.07, 6.45) is 6.64. The minimum absolute atomic E-state index is 0.104. The summed E-state index contributed by atoms with van der Waals surface area (Å²) in [5.74, 6) is -2.50. The molecule has 1 amide bonds. The molecule has 0 spiro atoms. The molecule has 1 saturated heterocycles. The minimum Gasteiger partial charge on any atom is -0.310 e. The van der Waals surface area contributed by atoms with Crippen molar-refractivity contribution in [1.82, 2.24) is 19.7 Å². The lowest BCUT2D eigenvalue weighted by Gasteiger charge is -2.32. The summed E-state index contributed by atoms with van der Waals surface area (Å²) in [7, 11) is 1.88. The van der Waals surface area contributed by atoms with Gasteiger partial charge >= 0.3 is 0 Å². The standard InChI is InChI=1S/C22H25F2N5O/c1-22(23,24)14-29-7-5-15(6-8-29)21(30)27-20-10-18-9-16(3-4-17(18)11-25-20)19-12-26-28(2)13-19/h3-4,9-13,15H,5-8,14H2,1-2H3,(H,25,27,30). The largest absolute Gasteiger partial charge is 0.310 e. The van der Waals surface area contributed by atoms with Crippen molar-refractivity contribution in [2.45, 2.75) is 25.7 Å². The van der Waals surface area contributed by atoms with Gasteiger partial charge in [-0.15, -0.1) is 0 Å². The fourth-order valence-electron chi connectivity index (χ4n) is 3.93. The third-order valence-electron chi connectivity index (χ3n) is 5.47. The molecule has 1 fully saturated rings. The second kappa shape index (κ2) is 8.10. The van der Waals surface area contributed by atoms with E-state index in [0.717, 1.165) is 28.8 Å². The Bertz CT molecular complexity index is 1050. The second-order valence-electron chi connectivity index (χ2n) is 8.14. The van der Waals surface area contributed by atoms with E-state index >= 15 is 0 Å². The molecule has 4 rings (SSSR count). The molecule has 2 aromatic heterocycles. The highest BCUT2D eigenvalue weighted by Crippen LogP contribution is 2.26. The summed E-state index contributed by atoms with van der Waals surface area (Å²) in [6.45, 7) is 1.67. The Morgan fingerprint density at radius 2 is 1.93 bits per heavy atom. The Labute approximate surface area is 173 Å². The number of aryl methyl sites for hydroxylation is 1. The molecular formula is C22H25F2N5O. The highest BCUT2D eigenvalue weighted by Gasteiger charge is 2.30. The molecule has 0 saturated carbocycles. The molecule has 3 aromatic rings. The van der Waals surface area contributed by atoms with Crippen LogP contribution in [0.25, 0.3) is 21.9 Å².